The summed E-state index contributed by atoms with van der Waals surface area (Å²) in [5.41, 5.74) is 2.97. The van der Waals surface area contributed by atoms with Crippen LogP contribution in [-0.2, 0) is 32.6 Å². The molecule has 0 spiro atoms. The second-order valence-corrected chi connectivity index (χ2v) is 12.4. The molecule has 0 radical (unpaired) electrons. The number of carbonyl (C=O) groups is 2. The average Bonchev–Trinajstić information content (AvgIpc) is 2.93. The maximum atomic E-state index is 14.1. The number of rotatable bonds is 13. The highest BCUT2D eigenvalue weighted by atomic mass is 35.5. The summed E-state index contributed by atoms with van der Waals surface area (Å²) in [6.45, 7) is 6.09. The number of nitrogens with one attached hydrogen (secondary N) is 1. The Bertz CT molecular complexity index is 1380. The summed E-state index contributed by atoms with van der Waals surface area (Å²) in [6.07, 6.45) is 2.06. The fraction of sp³-hybridized carbons (Fsp3) is 0.355. The standard InChI is InChI=1S/C31H38ClN3O4S/c1-5-19-33-31(37)29(20-24-11-7-6-8-12-24)34(21-26-13-9-10-14-28(26)32)30(36)22-35(40(4,38)39)27-17-15-25(16-18-27)23(2)3/h6-18,23,29H,5,19-22H2,1-4H3,(H,33,37). The molecular weight excluding hydrogens is 546 g/mol. The van der Waals surface area contributed by atoms with Crippen molar-refractivity contribution in [2.24, 2.45) is 0 Å². The monoisotopic (exact) mass is 583 g/mol. The first kappa shape index (κ1) is 31.2. The number of halogens is 1. The molecular formula is C31H38ClN3O4S. The van der Waals surface area contributed by atoms with Crippen molar-refractivity contribution in [3.63, 3.8) is 0 Å². The van der Waals surface area contributed by atoms with E-state index in [1.165, 1.54) is 4.90 Å². The smallest absolute Gasteiger partial charge is 0.244 e. The predicted molar refractivity (Wildman–Crippen MR) is 162 cm³/mol. The molecule has 0 aliphatic rings. The fourth-order valence-electron chi connectivity index (χ4n) is 4.37. The van der Waals surface area contributed by atoms with Crippen LogP contribution >= 0.6 is 11.6 Å². The van der Waals surface area contributed by atoms with Gasteiger partial charge in [0.15, 0.2) is 0 Å². The van der Waals surface area contributed by atoms with E-state index in [-0.39, 0.29) is 24.8 Å². The van der Waals surface area contributed by atoms with Crippen LogP contribution in [0.25, 0.3) is 0 Å². The molecule has 0 heterocycles. The molecule has 7 nitrogen and oxygen atoms in total. The molecule has 0 saturated heterocycles. The largest absolute Gasteiger partial charge is 0.354 e. The van der Waals surface area contributed by atoms with E-state index in [0.29, 0.717) is 22.8 Å². The third-order valence-corrected chi connectivity index (χ3v) is 8.16. The number of carbonyl (C=O) groups excluding carboxylic acids is 2. The molecule has 1 N–H and O–H groups in total. The predicted octanol–water partition coefficient (Wildman–Crippen LogP) is 5.40. The molecule has 0 bridgehead atoms. The first-order valence-electron chi connectivity index (χ1n) is 13.4. The van der Waals surface area contributed by atoms with Crippen LogP contribution in [0.1, 0.15) is 49.8 Å². The van der Waals surface area contributed by atoms with Gasteiger partial charge in [0.1, 0.15) is 12.6 Å². The Hall–Kier alpha value is -3.36. The minimum absolute atomic E-state index is 0.0411. The molecule has 0 fully saturated rings. The number of nitrogens with zero attached hydrogens (tertiary/aromatic N) is 2. The summed E-state index contributed by atoms with van der Waals surface area (Å²) < 4.78 is 26.9. The molecule has 1 unspecified atom stereocenters. The van der Waals surface area contributed by atoms with Crippen LogP contribution in [0.4, 0.5) is 5.69 Å². The lowest BCUT2D eigenvalue weighted by atomic mass is 10.0. The molecule has 3 aromatic rings. The first-order chi connectivity index (χ1) is 19.0. The van der Waals surface area contributed by atoms with E-state index in [4.69, 9.17) is 11.6 Å². The summed E-state index contributed by atoms with van der Waals surface area (Å²) in [6, 6.07) is 22.8. The second kappa shape index (κ2) is 14.3. The normalized spacial score (nSPS) is 12.2. The third kappa shape index (κ3) is 8.57. The van der Waals surface area contributed by atoms with Crippen molar-refractivity contribution in [1.82, 2.24) is 10.2 Å². The van der Waals surface area contributed by atoms with E-state index in [1.54, 1.807) is 30.3 Å². The Kier molecular flexibility index (Phi) is 11.2. The van der Waals surface area contributed by atoms with Gasteiger partial charge in [-0.2, -0.15) is 0 Å². The van der Waals surface area contributed by atoms with Gasteiger partial charge in [0.25, 0.3) is 0 Å². The van der Waals surface area contributed by atoms with Gasteiger partial charge in [0.05, 0.1) is 11.9 Å². The van der Waals surface area contributed by atoms with Gasteiger partial charge < -0.3 is 10.2 Å². The quantitative estimate of drug-likeness (QED) is 0.292. The van der Waals surface area contributed by atoms with Crippen LogP contribution in [-0.4, -0.2) is 50.5 Å². The van der Waals surface area contributed by atoms with Gasteiger partial charge in [0, 0.05) is 24.5 Å². The zero-order chi connectivity index (χ0) is 29.3. The Morgan fingerprint density at radius 3 is 2.12 bits per heavy atom. The van der Waals surface area contributed by atoms with Crippen molar-refractivity contribution in [2.75, 3.05) is 23.7 Å². The first-order valence-corrected chi connectivity index (χ1v) is 15.7. The molecule has 9 heteroatoms. The van der Waals surface area contributed by atoms with E-state index in [1.807, 2.05) is 55.5 Å². The molecule has 0 aromatic heterocycles. The number of amides is 2. The van der Waals surface area contributed by atoms with Gasteiger partial charge in [-0.1, -0.05) is 93.0 Å². The zero-order valence-corrected chi connectivity index (χ0v) is 25.1. The fourth-order valence-corrected chi connectivity index (χ4v) is 5.41. The second-order valence-electron chi connectivity index (χ2n) is 10.1. The molecule has 0 aliphatic heterocycles. The Morgan fingerprint density at radius 2 is 1.55 bits per heavy atom. The maximum Gasteiger partial charge on any atom is 0.244 e. The third-order valence-electron chi connectivity index (χ3n) is 6.65. The molecule has 3 rings (SSSR count). The summed E-state index contributed by atoms with van der Waals surface area (Å²) in [4.78, 5) is 29.0. The van der Waals surface area contributed by atoms with E-state index < -0.39 is 28.5 Å². The zero-order valence-electron chi connectivity index (χ0n) is 23.5. The number of hydrogen-bond donors (Lipinski definition) is 1. The van der Waals surface area contributed by atoms with Crippen molar-refractivity contribution >= 4 is 39.1 Å². The van der Waals surface area contributed by atoms with Gasteiger partial charge in [-0.25, -0.2) is 8.42 Å². The number of benzene rings is 3. The molecule has 40 heavy (non-hydrogen) atoms. The molecule has 0 aliphatic carbocycles. The molecule has 1 atom stereocenters. The Balaban J connectivity index is 2.04. The highest BCUT2D eigenvalue weighted by Gasteiger charge is 2.33. The van der Waals surface area contributed by atoms with Crippen molar-refractivity contribution < 1.29 is 18.0 Å². The van der Waals surface area contributed by atoms with E-state index in [9.17, 15) is 18.0 Å². The van der Waals surface area contributed by atoms with Gasteiger partial charge in [-0.15, -0.1) is 0 Å². The average molecular weight is 584 g/mol. The Labute approximate surface area is 243 Å². The topological polar surface area (TPSA) is 86.8 Å². The highest BCUT2D eigenvalue weighted by Crippen LogP contribution is 2.24. The van der Waals surface area contributed by atoms with Crippen LogP contribution in [0.5, 0.6) is 0 Å². The van der Waals surface area contributed by atoms with E-state index in [0.717, 1.165) is 28.1 Å². The number of anilines is 1. The summed E-state index contributed by atoms with van der Waals surface area (Å²) in [5.74, 6) is -0.544. The van der Waals surface area contributed by atoms with Crippen molar-refractivity contribution in [3.8, 4) is 0 Å². The maximum absolute atomic E-state index is 14.1. The van der Waals surface area contributed by atoms with Crippen molar-refractivity contribution in [1.29, 1.82) is 0 Å². The van der Waals surface area contributed by atoms with Gasteiger partial charge in [0.2, 0.25) is 21.8 Å². The van der Waals surface area contributed by atoms with Crippen LogP contribution in [0.3, 0.4) is 0 Å². The van der Waals surface area contributed by atoms with E-state index in [2.05, 4.69) is 19.2 Å². The van der Waals surface area contributed by atoms with Crippen LogP contribution in [0.15, 0.2) is 78.9 Å². The van der Waals surface area contributed by atoms with E-state index >= 15 is 0 Å². The lowest BCUT2D eigenvalue weighted by Gasteiger charge is -2.33. The summed E-state index contributed by atoms with van der Waals surface area (Å²) >= 11 is 6.47. The molecule has 3 aromatic carbocycles. The van der Waals surface area contributed by atoms with Gasteiger partial charge >= 0.3 is 0 Å². The van der Waals surface area contributed by atoms with Gasteiger partial charge in [-0.05, 0) is 47.2 Å². The summed E-state index contributed by atoms with van der Waals surface area (Å²) in [7, 11) is -3.82. The van der Waals surface area contributed by atoms with Crippen molar-refractivity contribution in [3.05, 3.63) is 101 Å². The van der Waals surface area contributed by atoms with Crippen LogP contribution in [0.2, 0.25) is 5.02 Å². The lowest BCUT2D eigenvalue weighted by molar-refractivity contribution is -0.140. The highest BCUT2D eigenvalue weighted by molar-refractivity contribution is 7.92. The minimum atomic E-state index is -3.82. The number of hydrogen-bond acceptors (Lipinski definition) is 4. The number of sulfonamides is 1. The van der Waals surface area contributed by atoms with Crippen molar-refractivity contribution in [2.45, 2.75) is 52.1 Å². The minimum Gasteiger partial charge on any atom is -0.354 e. The SMILES string of the molecule is CCCNC(=O)C(Cc1ccccc1)N(Cc1ccccc1Cl)C(=O)CN(c1ccc(C(C)C)cc1)S(C)(=O)=O. The van der Waals surface area contributed by atoms with Crippen LogP contribution in [0, 0.1) is 0 Å². The molecule has 2 amide bonds. The molecule has 0 saturated carbocycles. The van der Waals surface area contributed by atoms with Gasteiger partial charge in [-0.3, -0.25) is 13.9 Å². The summed E-state index contributed by atoms with van der Waals surface area (Å²) in [5, 5.41) is 3.38. The molecule has 214 valence electrons. The van der Waals surface area contributed by atoms with Crippen LogP contribution < -0.4 is 9.62 Å². The lowest BCUT2D eigenvalue weighted by Crippen LogP contribution is -2.53. The Morgan fingerprint density at radius 1 is 0.925 bits per heavy atom.